The van der Waals surface area contributed by atoms with Crippen molar-refractivity contribution < 1.29 is 38.4 Å². The van der Waals surface area contributed by atoms with Gasteiger partial charge < -0.3 is 64.4 Å². The van der Waals surface area contributed by atoms with E-state index in [9.17, 15) is 38.4 Å². The van der Waals surface area contributed by atoms with Crippen molar-refractivity contribution in [3.05, 3.63) is 101 Å². The van der Waals surface area contributed by atoms with Crippen LogP contribution in [0.1, 0.15) is 102 Å². The molecule has 0 saturated heterocycles. The number of nitrogens with two attached hydrogens (primary N) is 3. The number of nitrogens with one attached hydrogen (secondary N) is 9. The quantitative estimate of drug-likeness (QED) is 0.00791. The van der Waals surface area contributed by atoms with E-state index in [1.54, 1.807) is 36.5 Å². The number of H-pyrrole nitrogens is 2. The van der Waals surface area contributed by atoms with Crippen molar-refractivity contribution in [3.8, 4) is 0 Å². The Balaban J connectivity index is 1.68. The highest BCUT2D eigenvalue weighted by molar-refractivity contribution is 5.98. The maximum absolute atomic E-state index is 14.7. The number of benzene rings is 2. The first-order chi connectivity index (χ1) is 36.5. The zero-order valence-electron chi connectivity index (χ0n) is 43.3. The molecule has 7 atom stereocenters. The number of unbranched alkanes of at least 4 members (excludes halogenated alkanes) is 3. The van der Waals surface area contributed by atoms with E-state index in [1.807, 2.05) is 38.1 Å². The number of aliphatic imine (C=N–C) groups is 1. The van der Waals surface area contributed by atoms with Crippen LogP contribution in [0.2, 0.25) is 0 Å². The molecule has 0 saturated carbocycles. The zero-order valence-corrected chi connectivity index (χ0v) is 43.3. The van der Waals surface area contributed by atoms with E-state index < -0.39 is 89.6 Å². The summed E-state index contributed by atoms with van der Waals surface area (Å²) in [6.45, 7) is 5.02. The molecule has 0 bridgehead atoms. The lowest BCUT2D eigenvalue weighted by Crippen LogP contribution is -2.61. The van der Waals surface area contributed by atoms with Crippen molar-refractivity contribution in [3.63, 3.8) is 0 Å². The summed E-state index contributed by atoms with van der Waals surface area (Å²) in [7, 11) is 0. The van der Waals surface area contributed by atoms with E-state index in [0.717, 1.165) is 30.2 Å². The normalized spacial score (nSPS) is 13.7. The summed E-state index contributed by atoms with van der Waals surface area (Å²) in [6, 6.07) is 7.29. The van der Waals surface area contributed by atoms with Crippen molar-refractivity contribution in [2.45, 2.75) is 147 Å². The average molecular weight is 1050 g/mol. The summed E-state index contributed by atoms with van der Waals surface area (Å²) in [4.78, 5) is 127. The van der Waals surface area contributed by atoms with Crippen molar-refractivity contribution in [1.29, 1.82) is 0 Å². The molecule has 0 aliphatic heterocycles. The molecule has 8 amide bonds. The fourth-order valence-electron chi connectivity index (χ4n) is 8.33. The van der Waals surface area contributed by atoms with Gasteiger partial charge in [-0.05, 0) is 54.8 Å². The summed E-state index contributed by atoms with van der Waals surface area (Å²) in [5.74, 6) is -6.03. The number of aromatic amines is 2. The summed E-state index contributed by atoms with van der Waals surface area (Å²) < 4.78 is 0. The van der Waals surface area contributed by atoms with Gasteiger partial charge in [-0.2, -0.15) is 0 Å². The van der Waals surface area contributed by atoms with Crippen LogP contribution in [-0.4, -0.2) is 124 Å². The standard InChI is InChI=1S/C51H73N17O8/c1-4-6-9-20-37(44(52)70)62-49(75)42(26-33-28-58-36-19-13-12-17-35(33)36)66-46(72)39(21-14-23-57-51(53)54)63-48(74)41(25-32-15-10-8-11-16-32)65-50(76)43(27-34-29-56-30-59-34)67-47(73)40(22-24-60-68-55)64-45(71)38(18-7-5-2)61-31(3)69/h8,10-13,15-17,19,28-30,37-43,58H,4-7,9,14,18,20-27H2,1-3H3,(H2,52,70)(H,56,59)(H,61,69)(H,62,75)(H,63,74)(H,64,71)(H,65,76)(H,66,72)(H,67,73)(H4,53,54,57)/t37-,38-,39-,40-,41+,42-,43-/m0/s1. The van der Waals surface area contributed by atoms with Crippen LogP contribution in [0.4, 0.5) is 0 Å². The molecule has 0 fully saturated rings. The lowest BCUT2D eigenvalue weighted by molar-refractivity contribution is -0.135. The van der Waals surface area contributed by atoms with Crippen molar-refractivity contribution in [1.82, 2.24) is 52.2 Å². The molecule has 76 heavy (non-hydrogen) atoms. The van der Waals surface area contributed by atoms with Gasteiger partial charge in [0, 0.05) is 73.2 Å². The number of carbonyl (C=O) groups is 8. The Morgan fingerprint density at radius 2 is 1.12 bits per heavy atom. The predicted octanol–water partition coefficient (Wildman–Crippen LogP) is 1.34. The fourth-order valence-corrected chi connectivity index (χ4v) is 8.33. The van der Waals surface area contributed by atoms with Crippen LogP contribution in [0.3, 0.4) is 0 Å². The number of amides is 8. The molecule has 0 radical (unpaired) electrons. The number of hydrogen-bond donors (Lipinski definition) is 12. The van der Waals surface area contributed by atoms with Gasteiger partial charge in [0.05, 0.1) is 6.33 Å². The van der Waals surface area contributed by atoms with Crippen LogP contribution in [0.5, 0.6) is 0 Å². The van der Waals surface area contributed by atoms with E-state index in [1.165, 1.54) is 19.4 Å². The number of para-hydroxylation sites is 1. The Bertz CT molecular complexity index is 2610. The number of primary amides is 1. The first-order valence-electron chi connectivity index (χ1n) is 25.5. The largest absolute Gasteiger partial charge is 0.370 e. The highest BCUT2D eigenvalue weighted by Crippen LogP contribution is 2.20. The Kier molecular flexibility index (Phi) is 25.3. The second-order valence-electron chi connectivity index (χ2n) is 18.4. The smallest absolute Gasteiger partial charge is 0.243 e. The van der Waals surface area contributed by atoms with Crippen LogP contribution in [-0.2, 0) is 57.6 Å². The molecule has 2 heterocycles. The van der Waals surface area contributed by atoms with Crippen LogP contribution in [0, 0.1) is 0 Å². The van der Waals surface area contributed by atoms with Gasteiger partial charge >= 0.3 is 0 Å². The van der Waals surface area contributed by atoms with Gasteiger partial charge in [-0.1, -0.05) is 99.6 Å². The Morgan fingerprint density at radius 3 is 1.70 bits per heavy atom. The minimum Gasteiger partial charge on any atom is -0.370 e. The molecular formula is C51H73N17O8. The number of hydrogen-bond acceptors (Lipinski definition) is 11. The highest BCUT2D eigenvalue weighted by atomic mass is 16.2. The van der Waals surface area contributed by atoms with Gasteiger partial charge in [-0.3, -0.25) is 43.3 Å². The maximum atomic E-state index is 14.7. The number of carbonyl (C=O) groups excluding carboxylic acids is 8. The second kappa shape index (κ2) is 32.0. The van der Waals surface area contributed by atoms with Crippen molar-refractivity contribution >= 4 is 64.1 Å². The Hall–Kier alpha value is -8.47. The number of rotatable bonds is 34. The number of azide groups is 1. The third-order valence-corrected chi connectivity index (χ3v) is 12.3. The minimum absolute atomic E-state index is 0.0301. The van der Waals surface area contributed by atoms with Gasteiger partial charge in [0.15, 0.2) is 5.96 Å². The zero-order chi connectivity index (χ0) is 55.4. The predicted molar refractivity (Wildman–Crippen MR) is 285 cm³/mol. The number of imidazole rings is 1. The molecule has 410 valence electrons. The van der Waals surface area contributed by atoms with E-state index in [4.69, 9.17) is 22.7 Å². The van der Waals surface area contributed by atoms with Crippen molar-refractivity contribution in [2.75, 3.05) is 13.1 Å². The molecule has 25 nitrogen and oxygen atoms in total. The molecule has 4 rings (SSSR count). The fraction of sp³-hybridized carbons (Fsp3) is 0.490. The molecule has 0 spiro atoms. The molecule has 2 aromatic heterocycles. The first kappa shape index (κ1) is 60.1. The van der Waals surface area contributed by atoms with Gasteiger partial charge in [0.1, 0.15) is 42.3 Å². The Morgan fingerprint density at radius 1 is 0.592 bits per heavy atom. The molecule has 0 aliphatic rings. The van der Waals surface area contributed by atoms with Gasteiger partial charge in [-0.15, -0.1) is 0 Å². The third kappa shape index (κ3) is 20.4. The first-order valence-corrected chi connectivity index (χ1v) is 25.5. The SMILES string of the molecule is CCCCC[C@H](NC(=O)[C@H](Cc1c[nH]c2ccccc12)NC(=O)[C@H](CCCN=C(N)N)NC(=O)[C@@H](Cc1ccccc1)NC(=O)[C@H](Cc1cnc[nH]1)NC(=O)[C@H](CCN=[N+]=[N-])NC(=O)[C@H](CCCC)NC(C)=O)C(N)=O. The molecular weight excluding hydrogens is 979 g/mol. The van der Waals surface area contributed by atoms with Gasteiger partial charge in [-0.25, -0.2) is 4.98 Å². The molecule has 0 aliphatic carbocycles. The Labute approximate surface area is 440 Å². The minimum atomic E-state index is -1.42. The number of nitrogens with zero attached hydrogens (tertiary/aromatic N) is 5. The van der Waals surface area contributed by atoms with Crippen LogP contribution in [0.25, 0.3) is 21.3 Å². The number of fused-ring (bicyclic) bond motifs is 1. The van der Waals surface area contributed by atoms with Crippen LogP contribution >= 0.6 is 0 Å². The number of aromatic nitrogens is 3. The van der Waals surface area contributed by atoms with E-state index in [2.05, 4.69) is 67.2 Å². The van der Waals surface area contributed by atoms with E-state index in [-0.39, 0.29) is 70.4 Å². The summed E-state index contributed by atoms with van der Waals surface area (Å²) in [6.07, 6.45) is 8.29. The molecule has 4 aromatic rings. The molecule has 15 N–H and O–H groups in total. The summed E-state index contributed by atoms with van der Waals surface area (Å²) in [5.41, 5.74) is 28.4. The maximum Gasteiger partial charge on any atom is 0.243 e. The average Bonchev–Trinajstić information content (AvgIpc) is 4.07. The monoisotopic (exact) mass is 1050 g/mol. The molecule has 25 heteroatoms. The highest BCUT2D eigenvalue weighted by Gasteiger charge is 2.35. The molecule has 0 unspecified atom stereocenters. The second-order valence-corrected chi connectivity index (χ2v) is 18.4. The lowest BCUT2D eigenvalue weighted by atomic mass is 10.0. The number of guanidine groups is 1. The third-order valence-electron chi connectivity index (χ3n) is 12.3. The van der Waals surface area contributed by atoms with E-state index in [0.29, 0.717) is 29.7 Å². The van der Waals surface area contributed by atoms with Crippen molar-refractivity contribution in [2.24, 2.45) is 27.3 Å². The van der Waals surface area contributed by atoms with Crippen LogP contribution < -0.4 is 54.4 Å². The molecule has 2 aromatic carbocycles. The van der Waals surface area contributed by atoms with Gasteiger partial charge in [0.2, 0.25) is 47.3 Å². The summed E-state index contributed by atoms with van der Waals surface area (Å²) >= 11 is 0. The topological polar surface area (TPSA) is 404 Å². The van der Waals surface area contributed by atoms with E-state index >= 15 is 0 Å². The summed E-state index contributed by atoms with van der Waals surface area (Å²) in [5, 5.41) is 23.3. The van der Waals surface area contributed by atoms with Gasteiger partial charge in [0.25, 0.3) is 0 Å². The lowest BCUT2D eigenvalue weighted by Gasteiger charge is -2.28. The van der Waals surface area contributed by atoms with Crippen LogP contribution in [0.15, 0.2) is 83.4 Å².